The summed E-state index contributed by atoms with van der Waals surface area (Å²) in [6, 6.07) is 7.25. The predicted octanol–water partition coefficient (Wildman–Crippen LogP) is 1.99. The van der Waals surface area contributed by atoms with Crippen molar-refractivity contribution >= 4 is 11.6 Å². The minimum Gasteiger partial charge on any atom is -0.488 e. The number of nitrogens with zero attached hydrogens (tertiary/aromatic N) is 1. The second kappa shape index (κ2) is 7.47. The highest BCUT2D eigenvalue weighted by molar-refractivity contribution is 6.04. The van der Waals surface area contributed by atoms with Gasteiger partial charge in [0.2, 0.25) is 0 Å². The molecule has 4 N–H and O–H groups in total. The Labute approximate surface area is 152 Å². The van der Waals surface area contributed by atoms with Crippen LogP contribution in [0.25, 0.3) is 0 Å². The minimum absolute atomic E-state index is 0.146. The van der Waals surface area contributed by atoms with Crippen molar-refractivity contribution in [2.24, 2.45) is 0 Å². The molecule has 7 heteroatoms. The molecule has 0 radical (unpaired) electrons. The molecule has 138 valence electrons. The van der Waals surface area contributed by atoms with Gasteiger partial charge >= 0.3 is 0 Å². The highest BCUT2D eigenvalue weighted by Gasteiger charge is 2.25. The van der Waals surface area contributed by atoms with E-state index in [-0.39, 0.29) is 12.0 Å². The van der Waals surface area contributed by atoms with Gasteiger partial charge in [-0.1, -0.05) is 6.42 Å². The molecule has 2 atom stereocenters. The van der Waals surface area contributed by atoms with Crippen LogP contribution in [-0.2, 0) is 13.0 Å². The minimum atomic E-state index is -0.400. The van der Waals surface area contributed by atoms with Gasteiger partial charge in [-0.05, 0) is 43.5 Å². The number of rotatable bonds is 4. The summed E-state index contributed by atoms with van der Waals surface area (Å²) in [5.41, 5.74) is 3.11. The summed E-state index contributed by atoms with van der Waals surface area (Å²) in [6.07, 6.45) is 4.11. The van der Waals surface area contributed by atoms with Gasteiger partial charge in [-0.25, -0.2) is 0 Å². The van der Waals surface area contributed by atoms with E-state index in [4.69, 9.17) is 4.74 Å². The molecular formula is C19H24N4O3. The van der Waals surface area contributed by atoms with Gasteiger partial charge in [0.05, 0.1) is 6.10 Å². The Hall–Kier alpha value is -2.38. The van der Waals surface area contributed by atoms with Crippen LogP contribution in [0.5, 0.6) is 5.75 Å². The number of benzene rings is 1. The lowest BCUT2D eigenvalue weighted by atomic mass is 9.95. The number of carbonyl (C=O) groups is 1. The fraction of sp³-hybridized carbons (Fsp3) is 0.474. The van der Waals surface area contributed by atoms with Gasteiger partial charge < -0.3 is 20.5 Å². The number of aliphatic hydroxyl groups is 1. The van der Waals surface area contributed by atoms with Gasteiger partial charge in [0, 0.05) is 36.5 Å². The average Bonchev–Trinajstić information content (AvgIpc) is 3.09. The topological polar surface area (TPSA) is 99.3 Å². The van der Waals surface area contributed by atoms with Gasteiger partial charge in [0.15, 0.2) is 5.69 Å². The Morgan fingerprint density at radius 2 is 2.04 bits per heavy atom. The summed E-state index contributed by atoms with van der Waals surface area (Å²) in [6.45, 7) is 1.55. The zero-order valence-corrected chi connectivity index (χ0v) is 14.6. The van der Waals surface area contributed by atoms with Gasteiger partial charge in [-0.15, -0.1) is 0 Å². The molecule has 2 unspecified atom stereocenters. The van der Waals surface area contributed by atoms with Crippen LogP contribution in [0.4, 0.5) is 5.69 Å². The van der Waals surface area contributed by atoms with Crippen LogP contribution in [0, 0.1) is 0 Å². The van der Waals surface area contributed by atoms with Crippen molar-refractivity contribution in [3.63, 3.8) is 0 Å². The van der Waals surface area contributed by atoms with Crippen molar-refractivity contribution < 1.29 is 14.6 Å². The number of hydrogen-bond donors (Lipinski definition) is 4. The summed E-state index contributed by atoms with van der Waals surface area (Å²) in [5, 5.41) is 23.3. The standard InChI is InChI=1S/C19H24N4O3/c24-16-3-1-2-4-17(16)26-13-7-5-12(6-8-13)21-19(25)18-14-11-20-10-9-15(14)22-23-18/h5-8,16-17,20,24H,1-4,9-11H2,(H,21,25)(H,22,23). The number of ether oxygens (including phenoxy) is 1. The fourth-order valence-corrected chi connectivity index (χ4v) is 3.61. The number of aromatic amines is 1. The lowest BCUT2D eigenvalue weighted by Crippen LogP contribution is -2.34. The first kappa shape index (κ1) is 17.1. The van der Waals surface area contributed by atoms with Gasteiger partial charge in [0.25, 0.3) is 5.91 Å². The van der Waals surface area contributed by atoms with Gasteiger partial charge in [-0.3, -0.25) is 9.89 Å². The van der Waals surface area contributed by atoms with E-state index in [0.29, 0.717) is 23.7 Å². The van der Waals surface area contributed by atoms with E-state index in [1.54, 1.807) is 12.1 Å². The second-order valence-electron chi connectivity index (χ2n) is 6.94. The molecule has 0 bridgehead atoms. The van der Waals surface area contributed by atoms with Crippen molar-refractivity contribution in [2.75, 3.05) is 11.9 Å². The smallest absolute Gasteiger partial charge is 0.276 e. The highest BCUT2D eigenvalue weighted by atomic mass is 16.5. The Morgan fingerprint density at radius 1 is 1.23 bits per heavy atom. The average molecular weight is 356 g/mol. The molecule has 1 aromatic carbocycles. The zero-order chi connectivity index (χ0) is 17.9. The van der Waals surface area contributed by atoms with Crippen LogP contribution in [0.1, 0.15) is 47.4 Å². The Bertz CT molecular complexity index is 772. The molecule has 1 aliphatic heterocycles. The quantitative estimate of drug-likeness (QED) is 0.671. The molecule has 2 aliphatic rings. The van der Waals surface area contributed by atoms with Crippen LogP contribution in [0.3, 0.4) is 0 Å². The van der Waals surface area contributed by atoms with E-state index < -0.39 is 6.10 Å². The molecule has 4 rings (SSSR count). The lowest BCUT2D eigenvalue weighted by molar-refractivity contribution is 0.00688. The molecule has 2 aromatic rings. The van der Waals surface area contributed by atoms with E-state index in [1.165, 1.54) is 0 Å². The van der Waals surface area contributed by atoms with E-state index >= 15 is 0 Å². The number of H-pyrrole nitrogens is 1. The number of nitrogens with one attached hydrogen (secondary N) is 3. The third-order valence-electron chi connectivity index (χ3n) is 5.09. The number of aliphatic hydroxyl groups excluding tert-OH is 1. The molecule has 0 saturated heterocycles. The summed E-state index contributed by atoms with van der Waals surface area (Å²) < 4.78 is 5.89. The molecular weight excluding hydrogens is 332 g/mol. The Kier molecular flexibility index (Phi) is 4.90. The maximum absolute atomic E-state index is 12.5. The number of carbonyl (C=O) groups excluding carboxylic acids is 1. The van der Waals surface area contributed by atoms with Crippen LogP contribution in [0.15, 0.2) is 24.3 Å². The molecule has 1 fully saturated rings. The van der Waals surface area contributed by atoms with Crippen LogP contribution < -0.4 is 15.4 Å². The highest BCUT2D eigenvalue weighted by Crippen LogP contribution is 2.25. The maximum atomic E-state index is 12.5. The Morgan fingerprint density at radius 3 is 2.85 bits per heavy atom. The van der Waals surface area contributed by atoms with Gasteiger partial charge in [0.1, 0.15) is 11.9 Å². The summed E-state index contributed by atoms with van der Waals surface area (Å²) in [5.74, 6) is 0.484. The molecule has 1 aliphatic carbocycles. The largest absolute Gasteiger partial charge is 0.488 e. The van der Waals surface area contributed by atoms with Crippen molar-refractivity contribution in [1.82, 2.24) is 15.5 Å². The third kappa shape index (κ3) is 3.59. The molecule has 1 amide bonds. The second-order valence-corrected chi connectivity index (χ2v) is 6.94. The fourth-order valence-electron chi connectivity index (χ4n) is 3.61. The number of aromatic nitrogens is 2. The molecule has 26 heavy (non-hydrogen) atoms. The molecule has 2 heterocycles. The van der Waals surface area contributed by atoms with E-state index in [1.807, 2.05) is 12.1 Å². The first-order valence-corrected chi connectivity index (χ1v) is 9.23. The normalized spacial score (nSPS) is 22.5. The maximum Gasteiger partial charge on any atom is 0.276 e. The molecule has 1 saturated carbocycles. The Balaban J connectivity index is 1.39. The third-order valence-corrected chi connectivity index (χ3v) is 5.09. The summed E-state index contributed by atoms with van der Waals surface area (Å²) >= 11 is 0. The first-order chi connectivity index (χ1) is 12.7. The number of anilines is 1. The predicted molar refractivity (Wildman–Crippen MR) is 97.3 cm³/mol. The van der Waals surface area contributed by atoms with E-state index in [2.05, 4.69) is 20.8 Å². The number of fused-ring (bicyclic) bond motifs is 1. The van der Waals surface area contributed by atoms with Crippen LogP contribution >= 0.6 is 0 Å². The molecule has 0 spiro atoms. The lowest BCUT2D eigenvalue weighted by Gasteiger charge is -2.28. The zero-order valence-electron chi connectivity index (χ0n) is 14.6. The van der Waals surface area contributed by atoms with Crippen molar-refractivity contribution in [3.05, 3.63) is 41.2 Å². The monoisotopic (exact) mass is 356 g/mol. The van der Waals surface area contributed by atoms with Crippen LogP contribution in [0.2, 0.25) is 0 Å². The summed E-state index contributed by atoms with van der Waals surface area (Å²) in [7, 11) is 0. The number of hydrogen-bond acceptors (Lipinski definition) is 5. The van der Waals surface area contributed by atoms with E-state index in [0.717, 1.165) is 49.9 Å². The first-order valence-electron chi connectivity index (χ1n) is 9.23. The van der Waals surface area contributed by atoms with Crippen molar-refractivity contribution in [2.45, 2.75) is 50.9 Å². The van der Waals surface area contributed by atoms with Crippen molar-refractivity contribution in [3.8, 4) is 5.75 Å². The van der Waals surface area contributed by atoms with E-state index in [9.17, 15) is 9.90 Å². The van der Waals surface area contributed by atoms with Crippen molar-refractivity contribution in [1.29, 1.82) is 0 Å². The molecule has 7 nitrogen and oxygen atoms in total. The van der Waals surface area contributed by atoms with Gasteiger partial charge in [-0.2, -0.15) is 5.10 Å². The molecule has 1 aromatic heterocycles. The van der Waals surface area contributed by atoms with Crippen LogP contribution in [-0.4, -0.2) is 40.0 Å². The SMILES string of the molecule is O=C(Nc1ccc(OC2CCCCC2O)cc1)c1n[nH]c2c1CNCC2. The number of amides is 1. The summed E-state index contributed by atoms with van der Waals surface area (Å²) in [4.78, 5) is 12.5.